The number of aromatic nitrogens is 1. The molecule has 1 aliphatic rings. The van der Waals surface area contributed by atoms with Crippen LogP contribution in [0, 0.1) is 11.6 Å². The van der Waals surface area contributed by atoms with Crippen molar-refractivity contribution in [3.63, 3.8) is 0 Å². The van der Waals surface area contributed by atoms with Crippen molar-refractivity contribution < 1.29 is 27.1 Å². The lowest BCUT2D eigenvalue weighted by atomic mass is 9.90. The smallest absolute Gasteiger partial charge is 0.321 e. The van der Waals surface area contributed by atoms with Crippen LogP contribution in [0.3, 0.4) is 0 Å². The van der Waals surface area contributed by atoms with Gasteiger partial charge in [0, 0.05) is 35.6 Å². The second-order valence-electron chi connectivity index (χ2n) is 8.39. The van der Waals surface area contributed by atoms with E-state index in [9.17, 15) is 22.7 Å². The van der Waals surface area contributed by atoms with Gasteiger partial charge in [0.05, 0.1) is 16.6 Å². The zero-order valence-corrected chi connectivity index (χ0v) is 19.3. The number of benzene rings is 3. The normalized spacial score (nSPS) is 17.8. The van der Waals surface area contributed by atoms with Crippen molar-refractivity contribution in [2.75, 3.05) is 11.4 Å². The van der Waals surface area contributed by atoms with E-state index in [4.69, 9.17) is 0 Å². The lowest BCUT2D eigenvalue weighted by molar-refractivity contribution is -0.139. The van der Waals surface area contributed by atoms with Crippen LogP contribution in [0.5, 0.6) is 0 Å². The predicted octanol–water partition coefficient (Wildman–Crippen LogP) is 3.96. The van der Waals surface area contributed by atoms with Crippen LogP contribution in [-0.4, -0.2) is 37.6 Å². The molecule has 35 heavy (non-hydrogen) atoms. The summed E-state index contributed by atoms with van der Waals surface area (Å²) in [6, 6.07) is 14.1. The van der Waals surface area contributed by atoms with E-state index in [1.165, 1.54) is 43.4 Å². The third kappa shape index (κ3) is 3.94. The summed E-state index contributed by atoms with van der Waals surface area (Å²) in [5.41, 5.74) is 1.94. The summed E-state index contributed by atoms with van der Waals surface area (Å²) in [7, 11) is -2.57. The van der Waals surface area contributed by atoms with E-state index in [1.807, 2.05) is 0 Å². The second kappa shape index (κ2) is 8.47. The lowest BCUT2D eigenvalue weighted by Gasteiger charge is -2.30. The van der Waals surface area contributed by atoms with Crippen molar-refractivity contribution in [1.82, 2.24) is 10.3 Å². The molecule has 180 valence electrons. The molecule has 10 heteroatoms. The Kier molecular flexibility index (Phi) is 5.57. The van der Waals surface area contributed by atoms with E-state index < -0.39 is 39.7 Å². The molecule has 0 aliphatic carbocycles. The quantitative estimate of drug-likeness (QED) is 0.387. The van der Waals surface area contributed by atoms with Crippen molar-refractivity contribution in [1.29, 1.82) is 0 Å². The first kappa shape index (κ1) is 23.0. The van der Waals surface area contributed by atoms with Crippen LogP contribution in [0.15, 0.2) is 71.6 Å². The van der Waals surface area contributed by atoms with Crippen LogP contribution in [0.1, 0.15) is 22.9 Å². The number of rotatable bonds is 5. The number of halogens is 2. The molecule has 0 fully saturated rings. The highest BCUT2D eigenvalue weighted by atomic mass is 32.2. The number of aromatic amines is 1. The summed E-state index contributed by atoms with van der Waals surface area (Å²) in [5.74, 6) is -2.26. The predicted molar refractivity (Wildman–Crippen MR) is 127 cm³/mol. The average Bonchev–Trinajstić information content (AvgIpc) is 3.21. The van der Waals surface area contributed by atoms with Gasteiger partial charge in [-0.25, -0.2) is 17.2 Å². The lowest BCUT2D eigenvalue weighted by Crippen LogP contribution is -2.45. The van der Waals surface area contributed by atoms with Gasteiger partial charge < -0.3 is 10.1 Å². The first-order valence-electron chi connectivity index (χ1n) is 10.8. The fraction of sp³-hybridized carbons (Fsp3) is 0.160. The number of H-pyrrole nitrogens is 1. The van der Waals surface area contributed by atoms with Crippen LogP contribution in [0.2, 0.25) is 0 Å². The zero-order valence-electron chi connectivity index (χ0n) is 18.5. The van der Waals surface area contributed by atoms with Gasteiger partial charge in [-0.1, -0.05) is 24.3 Å². The van der Waals surface area contributed by atoms with Gasteiger partial charge in [0.15, 0.2) is 0 Å². The summed E-state index contributed by atoms with van der Waals surface area (Å²) in [5, 5.41) is 13.3. The van der Waals surface area contributed by atoms with E-state index >= 15 is 4.39 Å². The van der Waals surface area contributed by atoms with Gasteiger partial charge in [0.2, 0.25) is 0 Å². The van der Waals surface area contributed by atoms with Crippen LogP contribution >= 0.6 is 0 Å². The Morgan fingerprint density at radius 1 is 1.06 bits per heavy atom. The summed E-state index contributed by atoms with van der Waals surface area (Å²) in [4.78, 5) is 15.0. The van der Waals surface area contributed by atoms with Crippen molar-refractivity contribution in [2.24, 2.45) is 0 Å². The standard InChI is InChI=1S/C25H21F2N3O4S/c1-30(35(33,34)16-5-3-2-4-6-16)15-8-10-18(20(27)12-15)23-24-19(13-22(29-23)25(31)32)17-9-7-14(26)11-21(17)28-24/h2-12,22-23,28-29H,13H2,1H3,(H,31,32). The maximum atomic E-state index is 15.4. The Balaban J connectivity index is 1.56. The highest BCUT2D eigenvalue weighted by Crippen LogP contribution is 2.37. The third-order valence-corrected chi connectivity index (χ3v) is 8.12. The number of carboxylic acid groups (broad SMARTS) is 1. The molecule has 0 spiro atoms. The zero-order chi connectivity index (χ0) is 24.9. The molecule has 2 heterocycles. The highest BCUT2D eigenvalue weighted by molar-refractivity contribution is 7.92. The minimum absolute atomic E-state index is 0.0696. The molecule has 7 nitrogen and oxygen atoms in total. The number of fused-ring (bicyclic) bond motifs is 3. The molecule has 0 saturated carbocycles. The Morgan fingerprint density at radius 3 is 2.49 bits per heavy atom. The molecule has 0 saturated heterocycles. The molecule has 5 rings (SSSR count). The van der Waals surface area contributed by atoms with Crippen molar-refractivity contribution in [2.45, 2.75) is 23.4 Å². The van der Waals surface area contributed by atoms with Gasteiger partial charge in [-0.3, -0.25) is 14.4 Å². The molecule has 0 bridgehead atoms. The Morgan fingerprint density at radius 2 is 1.80 bits per heavy atom. The number of sulfonamides is 1. The Labute approximate surface area is 200 Å². The van der Waals surface area contributed by atoms with Crippen LogP contribution in [0.4, 0.5) is 14.5 Å². The summed E-state index contributed by atoms with van der Waals surface area (Å²) in [6.07, 6.45) is 0.143. The molecule has 2 atom stereocenters. The maximum absolute atomic E-state index is 15.4. The second-order valence-corrected chi connectivity index (χ2v) is 10.4. The molecule has 3 aromatic carbocycles. The first-order chi connectivity index (χ1) is 16.7. The summed E-state index contributed by atoms with van der Waals surface area (Å²) < 4.78 is 56.1. The Hall–Kier alpha value is -3.76. The fourth-order valence-electron chi connectivity index (χ4n) is 4.50. The highest BCUT2D eigenvalue weighted by Gasteiger charge is 2.35. The number of hydrogen-bond donors (Lipinski definition) is 3. The number of aliphatic carboxylic acids is 1. The van der Waals surface area contributed by atoms with Crippen LogP contribution in [0.25, 0.3) is 10.9 Å². The van der Waals surface area contributed by atoms with Crippen LogP contribution < -0.4 is 9.62 Å². The first-order valence-corrected chi connectivity index (χ1v) is 12.2. The molecule has 1 aliphatic heterocycles. The number of nitrogens with one attached hydrogen (secondary N) is 2. The SMILES string of the molecule is CN(c1ccc(C2NC(C(=O)O)Cc3c2[nH]c2cc(F)ccc32)c(F)c1)S(=O)(=O)c1ccccc1. The van der Waals surface area contributed by atoms with Crippen LogP contribution in [-0.2, 0) is 21.2 Å². The Bertz CT molecular complexity index is 1550. The molecule has 1 aromatic heterocycles. The summed E-state index contributed by atoms with van der Waals surface area (Å²) in [6.45, 7) is 0. The van der Waals surface area contributed by atoms with E-state index in [1.54, 1.807) is 24.3 Å². The van der Waals surface area contributed by atoms with Gasteiger partial charge in [-0.15, -0.1) is 0 Å². The minimum Gasteiger partial charge on any atom is -0.480 e. The molecule has 0 amide bonds. The van der Waals surface area contributed by atoms with Gasteiger partial charge in [-0.05, 0) is 48.0 Å². The van der Waals surface area contributed by atoms with E-state index in [0.717, 1.165) is 10.4 Å². The largest absolute Gasteiger partial charge is 0.480 e. The van der Waals surface area contributed by atoms with Gasteiger partial charge in [0.25, 0.3) is 10.0 Å². The number of anilines is 1. The van der Waals surface area contributed by atoms with Crippen molar-refractivity contribution in [3.05, 3.63) is 95.2 Å². The molecule has 0 radical (unpaired) electrons. The summed E-state index contributed by atoms with van der Waals surface area (Å²) >= 11 is 0. The monoisotopic (exact) mass is 497 g/mol. The number of nitrogens with zero attached hydrogens (tertiary/aromatic N) is 1. The van der Waals surface area contributed by atoms with E-state index in [2.05, 4.69) is 10.3 Å². The van der Waals surface area contributed by atoms with Gasteiger partial charge in [-0.2, -0.15) is 0 Å². The topological polar surface area (TPSA) is 102 Å². The van der Waals surface area contributed by atoms with Gasteiger partial charge in [0.1, 0.15) is 17.7 Å². The van der Waals surface area contributed by atoms with Crippen molar-refractivity contribution >= 4 is 32.6 Å². The number of hydrogen-bond acceptors (Lipinski definition) is 4. The molecular formula is C25H21F2N3O4S. The molecular weight excluding hydrogens is 476 g/mol. The van der Waals surface area contributed by atoms with E-state index in [0.29, 0.717) is 22.2 Å². The number of carboxylic acids is 1. The van der Waals surface area contributed by atoms with E-state index in [-0.39, 0.29) is 22.6 Å². The fourth-order valence-corrected chi connectivity index (χ4v) is 5.71. The minimum atomic E-state index is -3.90. The maximum Gasteiger partial charge on any atom is 0.321 e. The average molecular weight is 498 g/mol. The third-order valence-electron chi connectivity index (χ3n) is 6.32. The molecule has 4 aromatic rings. The molecule has 2 unspecified atom stereocenters. The van der Waals surface area contributed by atoms with Crippen molar-refractivity contribution in [3.8, 4) is 0 Å². The van der Waals surface area contributed by atoms with Gasteiger partial charge >= 0.3 is 5.97 Å². The number of carbonyl (C=O) groups is 1. The molecule has 3 N–H and O–H groups in total.